The van der Waals surface area contributed by atoms with E-state index in [0.29, 0.717) is 35.0 Å². The fourth-order valence-electron chi connectivity index (χ4n) is 6.48. The van der Waals surface area contributed by atoms with Crippen molar-refractivity contribution in [3.05, 3.63) is 34.4 Å². The Morgan fingerprint density at radius 3 is 2.55 bits per heavy atom. The molecule has 1 aromatic carbocycles. The molecule has 1 nitrogen and oxygen atoms in total. The highest BCUT2D eigenvalue weighted by molar-refractivity contribution is 5.38. The zero-order valence-electron chi connectivity index (χ0n) is 18.3. The van der Waals surface area contributed by atoms with E-state index in [-0.39, 0.29) is 5.92 Å². The first kappa shape index (κ1) is 21.3. The molecular formula is C26H38F2O. The summed E-state index contributed by atoms with van der Waals surface area (Å²) >= 11 is 0. The van der Waals surface area contributed by atoms with Crippen LogP contribution in [0, 0.1) is 29.4 Å². The molecule has 5 atom stereocenters. The average molecular weight is 405 g/mol. The number of rotatable bonds is 6. The molecule has 3 aliphatic rings. The topological polar surface area (TPSA) is 9.23 Å². The molecule has 0 saturated heterocycles. The summed E-state index contributed by atoms with van der Waals surface area (Å²) in [7, 11) is 0. The van der Waals surface area contributed by atoms with Crippen molar-refractivity contribution in [3.63, 3.8) is 0 Å². The molecule has 1 aromatic rings. The molecule has 0 heterocycles. The monoisotopic (exact) mass is 404 g/mol. The van der Waals surface area contributed by atoms with Gasteiger partial charge < -0.3 is 4.74 Å². The SMILES string of the molecule is CCCCC1CCc2cc(C3CCC4CC(OCC)CCC4C3)c(F)c(F)c2C1. The molecule has 4 rings (SSSR count). The van der Waals surface area contributed by atoms with Gasteiger partial charge in [0.25, 0.3) is 0 Å². The summed E-state index contributed by atoms with van der Waals surface area (Å²) in [6, 6.07) is 2.06. The van der Waals surface area contributed by atoms with Crippen LogP contribution >= 0.6 is 0 Å². The summed E-state index contributed by atoms with van der Waals surface area (Å²) in [5, 5.41) is 0. The van der Waals surface area contributed by atoms with Crippen LogP contribution in [0.1, 0.15) is 101 Å². The molecule has 0 spiro atoms. The summed E-state index contributed by atoms with van der Waals surface area (Å²) < 4.78 is 36.1. The lowest BCUT2D eigenvalue weighted by molar-refractivity contribution is -0.00971. The first-order valence-electron chi connectivity index (χ1n) is 12.2. The summed E-state index contributed by atoms with van der Waals surface area (Å²) in [5.41, 5.74) is 2.46. The van der Waals surface area contributed by atoms with E-state index in [1.54, 1.807) is 0 Å². The molecule has 0 N–H and O–H groups in total. The first-order valence-corrected chi connectivity index (χ1v) is 12.2. The van der Waals surface area contributed by atoms with Crippen molar-refractivity contribution in [2.24, 2.45) is 17.8 Å². The molecule has 0 amide bonds. The molecule has 162 valence electrons. The molecule has 2 saturated carbocycles. The van der Waals surface area contributed by atoms with Gasteiger partial charge in [-0.3, -0.25) is 0 Å². The van der Waals surface area contributed by atoms with Crippen molar-refractivity contribution in [1.82, 2.24) is 0 Å². The van der Waals surface area contributed by atoms with E-state index in [9.17, 15) is 0 Å². The van der Waals surface area contributed by atoms with Crippen LogP contribution < -0.4 is 0 Å². The number of ether oxygens (including phenoxy) is 1. The van der Waals surface area contributed by atoms with Gasteiger partial charge >= 0.3 is 0 Å². The van der Waals surface area contributed by atoms with E-state index in [1.165, 1.54) is 19.3 Å². The van der Waals surface area contributed by atoms with Crippen molar-refractivity contribution in [2.75, 3.05) is 6.61 Å². The zero-order valence-corrected chi connectivity index (χ0v) is 18.3. The van der Waals surface area contributed by atoms with E-state index in [4.69, 9.17) is 4.74 Å². The quantitative estimate of drug-likeness (QED) is 0.481. The van der Waals surface area contributed by atoms with Crippen LogP contribution in [0.15, 0.2) is 6.07 Å². The minimum atomic E-state index is -0.536. The molecule has 2 fully saturated rings. The van der Waals surface area contributed by atoms with Gasteiger partial charge in [-0.05, 0) is 105 Å². The molecule has 0 bridgehead atoms. The average Bonchev–Trinajstić information content (AvgIpc) is 2.74. The number of hydrogen-bond donors (Lipinski definition) is 0. The van der Waals surface area contributed by atoms with E-state index in [1.807, 2.05) is 0 Å². The Morgan fingerprint density at radius 2 is 1.76 bits per heavy atom. The number of aryl methyl sites for hydroxylation is 1. The minimum absolute atomic E-state index is 0.192. The molecule has 3 heteroatoms. The van der Waals surface area contributed by atoms with Gasteiger partial charge in [0, 0.05) is 6.61 Å². The maximum absolute atomic E-state index is 15.1. The third-order valence-electron chi connectivity index (χ3n) is 8.12. The van der Waals surface area contributed by atoms with Crippen molar-refractivity contribution < 1.29 is 13.5 Å². The van der Waals surface area contributed by atoms with E-state index >= 15 is 8.78 Å². The standard InChI is InChI=1S/C26H38F2O/c1-3-5-6-17-7-8-21-16-24(26(28)25(27)23(21)13-17)20-10-9-19-15-22(29-4-2)12-11-18(19)14-20/h16-20,22H,3-15H2,1-2H3. The Balaban J connectivity index is 1.47. The number of halogens is 2. The van der Waals surface area contributed by atoms with Crippen LogP contribution in [0.2, 0.25) is 0 Å². The highest BCUT2D eigenvalue weighted by atomic mass is 19.2. The molecule has 29 heavy (non-hydrogen) atoms. The largest absolute Gasteiger partial charge is 0.378 e. The fraction of sp³-hybridized carbons (Fsp3) is 0.769. The molecule has 5 unspecified atom stereocenters. The Hall–Kier alpha value is -0.960. The highest BCUT2D eigenvalue weighted by Gasteiger charge is 2.38. The van der Waals surface area contributed by atoms with Gasteiger partial charge in [-0.1, -0.05) is 32.3 Å². The third-order valence-corrected chi connectivity index (χ3v) is 8.12. The zero-order chi connectivity index (χ0) is 20.4. The van der Waals surface area contributed by atoms with Gasteiger partial charge in [0.15, 0.2) is 11.6 Å². The van der Waals surface area contributed by atoms with Crippen molar-refractivity contribution >= 4 is 0 Å². The Kier molecular flexibility index (Phi) is 6.94. The van der Waals surface area contributed by atoms with Crippen molar-refractivity contribution in [3.8, 4) is 0 Å². The van der Waals surface area contributed by atoms with E-state index < -0.39 is 11.6 Å². The number of fused-ring (bicyclic) bond motifs is 2. The summed E-state index contributed by atoms with van der Waals surface area (Å²) in [6.45, 7) is 5.06. The Labute approximate surface area is 175 Å². The first-order chi connectivity index (χ1) is 14.1. The maximum atomic E-state index is 15.1. The lowest BCUT2D eigenvalue weighted by Crippen LogP contribution is -2.34. The van der Waals surface area contributed by atoms with Gasteiger partial charge in [0.2, 0.25) is 0 Å². The van der Waals surface area contributed by atoms with E-state index in [0.717, 1.165) is 70.0 Å². The lowest BCUT2D eigenvalue weighted by Gasteiger charge is -2.42. The van der Waals surface area contributed by atoms with Crippen LogP contribution in [0.4, 0.5) is 8.78 Å². The predicted molar refractivity (Wildman–Crippen MR) is 114 cm³/mol. The second kappa shape index (κ2) is 9.45. The molecule has 0 radical (unpaired) electrons. The van der Waals surface area contributed by atoms with Gasteiger partial charge in [-0.2, -0.15) is 0 Å². The van der Waals surface area contributed by atoms with Crippen LogP contribution in [0.25, 0.3) is 0 Å². The normalized spacial score (nSPS) is 31.9. The van der Waals surface area contributed by atoms with Crippen LogP contribution in [0.5, 0.6) is 0 Å². The lowest BCUT2D eigenvalue weighted by atomic mass is 9.65. The fourth-order valence-corrected chi connectivity index (χ4v) is 6.48. The highest BCUT2D eigenvalue weighted by Crippen LogP contribution is 2.48. The van der Waals surface area contributed by atoms with Crippen LogP contribution in [-0.4, -0.2) is 12.7 Å². The summed E-state index contributed by atoms with van der Waals surface area (Å²) in [4.78, 5) is 0. The Morgan fingerprint density at radius 1 is 0.966 bits per heavy atom. The van der Waals surface area contributed by atoms with Gasteiger partial charge in [-0.15, -0.1) is 0 Å². The van der Waals surface area contributed by atoms with Crippen LogP contribution in [-0.2, 0) is 17.6 Å². The predicted octanol–water partition coefficient (Wildman–Crippen LogP) is 7.35. The molecule has 3 aliphatic carbocycles. The number of unbranched alkanes of at least 4 members (excludes halogenated alkanes) is 1. The van der Waals surface area contributed by atoms with Crippen molar-refractivity contribution in [1.29, 1.82) is 0 Å². The summed E-state index contributed by atoms with van der Waals surface area (Å²) in [5.74, 6) is 1.02. The number of benzene rings is 1. The summed E-state index contributed by atoms with van der Waals surface area (Å²) in [6.07, 6.45) is 13.3. The van der Waals surface area contributed by atoms with Gasteiger partial charge in [0.05, 0.1) is 6.10 Å². The molecular weight excluding hydrogens is 366 g/mol. The molecule has 0 aromatic heterocycles. The second-order valence-corrected chi connectivity index (χ2v) is 9.90. The van der Waals surface area contributed by atoms with E-state index in [2.05, 4.69) is 19.9 Å². The van der Waals surface area contributed by atoms with Gasteiger partial charge in [0.1, 0.15) is 0 Å². The Bertz CT molecular complexity index is 700. The maximum Gasteiger partial charge on any atom is 0.162 e. The number of hydrogen-bond acceptors (Lipinski definition) is 1. The van der Waals surface area contributed by atoms with Crippen LogP contribution in [0.3, 0.4) is 0 Å². The smallest absolute Gasteiger partial charge is 0.162 e. The minimum Gasteiger partial charge on any atom is -0.378 e. The third kappa shape index (κ3) is 4.55. The molecule has 0 aliphatic heterocycles. The van der Waals surface area contributed by atoms with Gasteiger partial charge in [-0.25, -0.2) is 8.78 Å². The second-order valence-electron chi connectivity index (χ2n) is 9.90. The van der Waals surface area contributed by atoms with Crippen molar-refractivity contribution in [2.45, 2.75) is 103 Å².